The molecule has 82 valence electrons. The molecule has 4 heteroatoms. The highest BCUT2D eigenvalue weighted by molar-refractivity contribution is 5.66. The Hall–Kier alpha value is -1.58. The zero-order valence-electron chi connectivity index (χ0n) is 8.77. The second-order valence-electron chi connectivity index (χ2n) is 3.33. The van der Waals surface area contributed by atoms with E-state index in [9.17, 15) is 4.79 Å². The van der Waals surface area contributed by atoms with Gasteiger partial charge in [0.05, 0.1) is 12.8 Å². The second-order valence-corrected chi connectivity index (χ2v) is 3.33. The number of carboxylic acid groups (broad SMARTS) is 1. The minimum absolute atomic E-state index is 0.204. The van der Waals surface area contributed by atoms with Gasteiger partial charge in [-0.05, 0) is 31.9 Å². The van der Waals surface area contributed by atoms with Gasteiger partial charge in [0.15, 0.2) is 0 Å². The van der Waals surface area contributed by atoms with Crippen LogP contribution in [0, 0.1) is 6.92 Å². The van der Waals surface area contributed by atoms with Crippen molar-refractivity contribution in [2.75, 3.05) is 6.61 Å². The highest BCUT2D eigenvalue weighted by Crippen LogP contribution is 2.09. The molecule has 0 radical (unpaired) electrons. The molecule has 1 aromatic heterocycles. The first-order chi connectivity index (χ1) is 7.18. The number of aromatic nitrogens is 1. The number of hydrogen-bond donors (Lipinski definition) is 1. The molecule has 0 saturated heterocycles. The van der Waals surface area contributed by atoms with E-state index in [-0.39, 0.29) is 6.42 Å². The number of ether oxygens (including phenoxy) is 1. The summed E-state index contributed by atoms with van der Waals surface area (Å²) in [6, 6.07) is 3.74. The average molecular weight is 209 g/mol. The predicted molar refractivity (Wildman–Crippen MR) is 56.0 cm³/mol. The summed E-state index contributed by atoms with van der Waals surface area (Å²) in [5, 5.41) is 8.41. The van der Waals surface area contributed by atoms with E-state index in [1.807, 2.05) is 19.1 Å². The molecule has 4 nitrogen and oxygen atoms in total. The van der Waals surface area contributed by atoms with E-state index in [4.69, 9.17) is 9.84 Å². The standard InChI is InChI=1S/C11H15NO3/c1-9-5-6-10(8-12-9)15-7-3-2-4-11(13)14/h5-6,8H,2-4,7H2,1H3,(H,13,14). The molecule has 0 bridgehead atoms. The fourth-order valence-corrected chi connectivity index (χ4v) is 1.11. The van der Waals surface area contributed by atoms with Crippen molar-refractivity contribution in [3.05, 3.63) is 24.0 Å². The lowest BCUT2D eigenvalue weighted by molar-refractivity contribution is -0.137. The number of pyridine rings is 1. The SMILES string of the molecule is Cc1ccc(OCCCCC(=O)O)cn1. The second kappa shape index (κ2) is 6.01. The zero-order valence-corrected chi connectivity index (χ0v) is 8.77. The zero-order chi connectivity index (χ0) is 11.1. The Labute approximate surface area is 88.9 Å². The van der Waals surface area contributed by atoms with E-state index in [0.29, 0.717) is 13.0 Å². The third-order valence-electron chi connectivity index (χ3n) is 1.94. The smallest absolute Gasteiger partial charge is 0.303 e. The quantitative estimate of drug-likeness (QED) is 0.728. The third kappa shape index (κ3) is 5.00. The van der Waals surface area contributed by atoms with Crippen LogP contribution in [0.15, 0.2) is 18.3 Å². The fraction of sp³-hybridized carbons (Fsp3) is 0.455. The lowest BCUT2D eigenvalue weighted by atomic mass is 10.2. The van der Waals surface area contributed by atoms with Gasteiger partial charge in [-0.15, -0.1) is 0 Å². The molecule has 1 aromatic rings. The van der Waals surface area contributed by atoms with Crippen LogP contribution in [0.3, 0.4) is 0 Å². The monoisotopic (exact) mass is 209 g/mol. The molecule has 1 heterocycles. The summed E-state index contributed by atoms with van der Waals surface area (Å²) in [4.78, 5) is 14.3. The largest absolute Gasteiger partial charge is 0.492 e. The molecule has 1 N–H and O–H groups in total. The minimum Gasteiger partial charge on any atom is -0.492 e. The number of nitrogens with zero attached hydrogens (tertiary/aromatic N) is 1. The van der Waals surface area contributed by atoms with Crippen molar-refractivity contribution in [2.45, 2.75) is 26.2 Å². The highest BCUT2D eigenvalue weighted by Gasteiger charge is 1.97. The van der Waals surface area contributed by atoms with Crippen LogP contribution in [0.4, 0.5) is 0 Å². The van der Waals surface area contributed by atoms with E-state index < -0.39 is 5.97 Å². The molecule has 1 rings (SSSR count). The van der Waals surface area contributed by atoms with Crippen molar-refractivity contribution in [2.24, 2.45) is 0 Å². The van der Waals surface area contributed by atoms with Crippen LogP contribution in [-0.4, -0.2) is 22.7 Å². The van der Waals surface area contributed by atoms with Crippen LogP contribution in [0.25, 0.3) is 0 Å². The minimum atomic E-state index is -0.757. The van der Waals surface area contributed by atoms with Gasteiger partial charge in [-0.25, -0.2) is 0 Å². The predicted octanol–water partition coefficient (Wildman–Crippen LogP) is 2.02. The van der Waals surface area contributed by atoms with Crippen LogP contribution in [0.5, 0.6) is 5.75 Å². The van der Waals surface area contributed by atoms with Crippen LogP contribution in [0.1, 0.15) is 25.0 Å². The average Bonchev–Trinajstić information content (AvgIpc) is 2.20. The molecule has 0 aliphatic rings. The van der Waals surface area contributed by atoms with Crippen LogP contribution < -0.4 is 4.74 Å². The molecule has 0 spiro atoms. The van der Waals surface area contributed by atoms with E-state index >= 15 is 0 Å². The topological polar surface area (TPSA) is 59.4 Å². The van der Waals surface area contributed by atoms with Crippen molar-refractivity contribution in [1.82, 2.24) is 4.98 Å². The first kappa shape index (κ1) is 11.5. The van der Waals surface area contributed by atoms with E-state index in [1.54, 1.807) is 6.20 Å². The molecule has 0 unspecified atom stereocenters. The van der Waals surface area contributed by atoms with Crippen molar-refractivity contribution < 1.29 is 14.6 Å². The molecule has 0 saturated carbocycles. The van der Waals surface area contributed by atoms with E-state index in [0.717, 1.165) is 17.9 Å². The van der Waals surface area contributed by atoms with Crippen molar-refractivity contribution in [3.8, 4) is 5.75 Å². The number of unbranched alkanes of at least 4 members (excludes halogenated alkanes) is 1. The number of rotatable bonds is 6. The Balaban J connectivity index is 2.15. The summed E-state index contributed by atoms with van der Waals surface area (Å²) < 4.78 is 5.39. The maximum Gasteiger partial charge on any atom is 0.303 e. The van der Waals surface area contributed by atoms with Gasteiger partial charge in [0.25, 0.3) is 0 Å². The Morgan fingerprint density at radius 2 is 2.27 bits per heavy atom. The first-order valence-corrected chi connectivity index (χ1v) is 4.96. The first-order valence-electron chi connectivity index (χ1n) is 4.96. The van der Waals surface area contributed by atoms with Gasteiger partial charge in [0.2, 0.25) is 0 Å². The summed E-state index contributed by atoms with van der Waals surface area (Å²) in [5.74, 6) is -0.0251. The van der Waals surface area contributed by atoms with Crippen LogP contribution in [-0.2, 0) is 4.79 Å². The summed E-state index contributed by atoms with van der Waals surface area (Å²) in [5.41, 5.74) is 0.952. The molecular weight excluding hydrogens is 194 g/mol. The van der Waals surface area contributed by atoms with Gasteiger partial charge in [0, 0.05) is 12.1 Å². The van der Waals surface area contributed by atoms with Gasteiger partial charge in [-0.1, -0.05) is 0 Å². The Morgan fingerprint density at radius 3 is 2.87 bits per heavy atom. The van der Waals surface area contributed by atoms with E-state index in [1.165, 1.54) is 0 Å². The lowest BCUT2D eigenvalue weighted by Crippen LogP contribution is -2.00. The number of carbonyl (C=O) groups is 1. The number of hydrogen-bond acceptors (Lipinski definition) is 3. The molecule has 0 amide bonds. The highest BCUT2D eigenvalue weighted by atomic mass is 16.5. The lowest BCUT2D eigenvalue weighted by Gasteiger charge is -2.04. The summed E-state index contributed by atoms with van der Waals surface area (Å²) in [6.07, 6.45) is 3.27. The van der Waals surface area contributed by atoms with Crippen molar-refractivity contribution in [3.63, 3.8) is 0 Å². The maximum absolute atomic E-state index is 10.2. The molecular formula is C11H15NO3. The number of carboxylic acids is 1. The maximum atomic E-state index is 10.2. The summed E-state index contributed by atoms with van der Waals surface area (Å²) >= 11 is 0. The van der Waals surface area contributed by atoms with Crippen LogP contribution in [0.2, 0.25) is 0 Å². The van der Waals surface area contributed by atoms with Gasteiger partial charge >= 0.3 is 5.97 Å². The molecule has 0 aliphatic heterocycles. The van der Waals surface area contributed by atoms with Gasteiger partial charge in [-0.3, -0.25) is 9.78 Å². The molecule has 0 atom stereocenters. The van der Waals surface area contributed by atoms with Gasteiger partial charge in [-0.2, -0.15) is 0 Å². The summed E-state index contributed by atoms with van der Waals surface area (Å²) in [7, 11) is 0. The number of aryl methyl sites for hydroxylation is 1. The number of aliphatic carboxylic acids is 1. The molecule has 15 heavy (non-hydrogen) atoms. The molecule has 0 aliphatic carbocycles. The van der Waals surface area contributed by atoms with Gasteiger partial charge < -0.3 is 9.84 Å². The van der Waals surface area contributed by atoms with Crippen molar-refractivity contribution in [1.29, 1.82) is 0 Å². The Kier molecular flexibility index (Phi) is 4.60. The third-order valence-corrected chi connectivity index (χ3v) is 1.94. The van der Waals surface area contributed by atoms with E-state index in [2.05, 4.69) is 4.98 Å². The van der Waals surface area contributed by atoms with Crippen LogP contribution >= 0.6 is 0 Å². The normalized spacial score (nSPS) is 9.93. The van der Waals surface area contributed by atoms with Gasteiger partial charge in [0.1, 0.15) is 5.75 Å². The fourth-order valence-electron chi connectivity index (χ4n) is 1.11. The summed E-state index contributed by atoms with van der Waals surface area (Å²) in [6.45, 7) is 2.45. The molecule has 0 aromatic carbocycles. The Morgan fingerprint density at radius 1 is 1.47 bits per heavy atom. The Bertz CT molecular complexity index is 308. The van der Waals surface area contributed by atoms with Crippen molar-refractivity contribution >= 4 is 5.97 Å². The molecule has 0 fully saturated rings.